The molecule has 13 heteroatoms. The summed E-state index contributed by atoms with van der Waals surface area (Å²) >= 11 is 6.84. The number of benzene rings is 1. The molecule has 10 nitrogen and oxygen atoms in total. The van der Waals surface area contributed by atoms with Crippen LogP contribution in [0.3, 0.4) is 0 Å². The number of hydrogen-bond donors (Lipinski definition) is 1. The van der Waals surface area contributed by atoms with Gasteiger partial charge in [0.15, 0.2) is 5.82 Å². The first-order valence-corrected chi connectivity index (χ1v) is 16.6. The largest absolute Gasteiger partial charge is 0.465 e. The molecule has 0 radical (unpaired) electrons. The lowest BCUT2D eigenvalue weighted by Gasteiger charge is -2.34. The quantitative estimate of drug-likeness (QED) is 0.281. The van der Waals surface area contributed by atoms with E-state index in [1.54, 1.807) is 18.5 Å². The summed E-state index contributed by atoms with van der Waals surface area (Å²) in [5, 5.41) is 8.70. The van der Waals surface area contributed by atoms with Gasteiger partial charge in [0, 0.05) is 48.2 Å². The average molecular weight is 652 g/mol. The number of carbonyl (C=O) groups is 1. The molecule has 0 amide bonds. The summed E-state index contributed by atoms with van der Waals surface area (Å²) in [7, 11) is 0. The van der Waals surface area contributed by atoms with E-state index in [0.717, 1.165) is 32.2 Å². The number of nitrogens with one attached hydrogen (secondary N) is 1. The normalized spacial score (nSPS) is 27.0. The summed E-state index contributed by atoms with van der Waals surface area (Å²) in [4.78, 5) is 31.4. The molecule has 242 valence electrons. The highest BCUT2D eigenvalue weighted by Gasteiger charge is 2.49. The van der Waals surface area contributed by atoms with E-state index < -0.39 is 17.5 Å². The van der Waals surface area contributed by atoms with Crippen LogP contribution >= 0.6 is 11.6 Å². The second-order valence-electron chi connectivity index (χ2n) is 13.6. The second kappa shape index (κ2) is 11.6. The summed E-state index contributed by atoms with van der Waals surface area (Å²) in [5.74, 6) is -0.384. The van der Waals surface area contributed by atoms with Crippen molar-refractivity contribution in [3.8, 4) is 17.3 Å². The van der Waals surface area contributed by atoms with Gasteiger partial charge >= 0.3 is 12.0 Å². The number of rotatable bonds is 3. The first-order chi connectivity index (χ1) is 22.3. The van der Waals surface area contributed by atoms with Crippen molar-refractivity contribution < 1.29 is 23.0 Å². The molecule has 3 saturated heterocycles. The van der Waals surface area contributed by atoms with E-state index in [1.807, 2.05) is 6.92 Å². The van der Waals surface area contributed by atoms with Gasteiger partial charge in [0.05, 0.1) is 35.7 Å². The van der Waals surface area contributed by atoms with E-state index in [1.165, 1.54) is 0 Å². The van der Waals surface area contributed by atoms with Gasteiger partial charge in [0.1, 0.15) is 29.8 Å². The molecule has 8 heterocycles. The molecule has 3 fully saturated rings. The Morgan fingerprint density at radius 1 is 1.17 bits per heavy atom. The minimum atomic E-state index is -0.902. The third-order valence-electron chi connectivity index (χ3n) is 10.3. The van der Waals surface area contributed by atoms with Gasteiger partial charge in [-0.1, -0.05) is 18.5 Å². The monoisotopic (exact) mass is 651 g/mol. The zero-order valence-electron chi connectivity index (χ0n) is 25.7. The number of piperidine rings is 1. The van der Waals surface area contributed by atoms with Crippen LogP contribution in [0.2, 0.25) is 5.02 Å². The van der Waals surface area contributed by atoms with E-state index in [-0.39, 0.29) is 54.7 Å². The van der Waals surface area contributed by atoms with Gasteiger partial charge in [0.25, 0.3) is 0 Å². The number of nitrogens with zero attached hydrogens (tertiary/aromatic N) is 6. The van der Waals surface area contributed by atoms with E-state index in [2.05, 4.69) is 25.0 Å². The molecule has 1 N–H and O–H groups in total. The van der Waals surface area contributed by atoms with Crippen molar-refractivity contribution in [2.24, 2.45) is 11.8 Å². The fourth-order valence-corrected chi connectivity index (χ4v) is 8.36. The number of halogens is 3. The molecule has 3 aromatic heterocycles. The third-order valence-corrected chi connectivity index (χ3v) is 10.6. The molecule has 6 bridgehead atoms. The first kappa shape index (κ1) is 29.7. The number of esters is 1. The van der Waals surface area contributed by atoms with Crippen molar-refractivity contribution >= 4 is 45.2 Å². The molecule has 5 aliphatic rings. The van der Waals surface area contributed by atoms with Gasteiger partial charge in [-0.3, -0.25) is 19.8 Å². The summed E-state index contributed by atoms with van der Waals surface area (Å²) in [5.41, 5.74) is 1.62. The maximum atomic E-state index is 17.0. The smallest absolute Gasteiger partial charge is 0.319 e. The van der Waals surface area contributed by atoms with E-state index in [9.17, 15) is 9.18 Å². The molecule has 0 aliphatic carbocycles. The molecule has 0 spiro atoms. The number of pyridine rings is 1. The van der Waals surface area contributed by atoms with Crippen molar-refractivity contribution in [3.05, 3.63) is 34.9 Å². The molecular formula is C33H36ClF2N7O3. The SMILES string of the molecule is CC1COC(=O)C[C@@H]2CCCN(C2)c2nc(OC[C@@]34CCCN3C[C@H](F)C4)nc3c(F)c(ncc23)-c2c(c(Cl)cc3[nH]ncc23)C1. The second-order valence-corrected chi connectivity index (χ2v) is 14.0. The van der Waals surface area contributed by atoms with Crippen molar-refractivity contribution in [1.82, 2.24) is 30.0 Å². The molecular weight excluding hydrogens is 616 g/mol. The molecule has 1 unspecified atom stereocenters. The molecule has 46 heavy (non-hydrogen) atoms. The predicted octanol–water partition coefficient (Wildman–Crippen LogP) is 5.66. The summed E-state index contributed by atoms with van der Waals surface area (Å²) in [6, 6.07) is 1.81. The number of anilines is 1. The number of H-pyrrole nitrogens is 1. The lowest BCUT2D eigenvalue weighted by Crippen LogP contribution is -2.43. The number of aromatic amines is 1. The first-order valence-electron chi connectivity index (χ1n) is 16.2. The number of aromatic nitrogens is 5. The lowest BCUT2D eigenvalue weighted by molar-refractivity contribution is -0.146. The van der Waals surface area contributed by atoms with Gasteiger partial charge in [-0.25, -0.2) is 8.78 Å². The summed E-state index contributed by atoms with van der Waals surface area (Å²) in [6.07, 6.45) is 6.98. The fourth-order valence-electron chi connectivity index (χ4n) is 8.08. The van der Waals surface area contributed by atoms with Gasteiger partial charge < -0.3 is 14.4 Å². The Morgan fingerprint density at radius 2 is 2.07 bits per heavy atom. The molecule has 4 aromatic rings. The molecule has 9 rings (SSSR count). The van der Waals surface area contributed by atoms with Gasteiger partial charge in [-0.2, -0.15) is 15.1 Å². The Labute approximate surface area is 269 Å². The van der Waals surface area contributed by atoms with Gasteiger partial charge in [0.2, 0.25) is 0 Å². The van der Waals surface area contributed by atoms with Gasteiger partial charge in [-0.15, -0.1) is 0 Å². The minimum absolute atomic E-state index is 0.0399. The summed E-state index contributed by atoms with van der Waals surface area (Å²) < 4.78 is 43.6. The number of alkyl halides is 1. The Hall–Kier alpha value is -3.64. The van der Waals surface area contributed by atoms with Crippen LogP contribution in [0.1, 0.15) is 51.0 Å². The number of fused-ring (bicyclic) bond motifs is 8. The number of ether oxygens (including phenoxy) is 2. The van der Waals surface area contributed by atoms with Crippen molar-refractivity contribution in [2.45, 2.75) is 63.6 Å². The molecule has 5 aliphatic heterocycles. The predicted molar refractivity (Wildman–Crippen MR) is 169 cm³/mol. The average Bonchev–Trinajstić information content (AvgIpc) is 3.73. The number of carbonyl (C=O) groups excluding carboxylic acids is 1. The lowest BCUT2D eigenvalue weighted by atomic mass is 9.92. The fraction of sp³-hybridized carbons (Fsp3) is 0.545. The highest BCUT2D eigenvalue weighted by molar-refractivity contribution is 6.33. The topological polar surface area (TPSA) is 109 Å². The number of hydrogen-bond acceptors (Lipinski definition) is 9. The van der Waals surface area contributed by atoms with Crippen LogP contribution < -0.4 is 9.64 Å². The van der Waals surface area contributed by atoms with Crippen LogP contribution in [0.25, 0.3) is 33.1 Å². The molecule has 0 saturated carbocycles. The summed E-state index contributed by atoms with van der Waals surface area (Å²) in [6.45, 7) is 4.87. The zero-order valence-corrected chi connectivity index (χ0v) is 26.5. The third kappa shape index (κ3) is 5.13. The highest BCUT2D eigenvalue weighted by Crippen LogP contribution is 2.42. The zero-order chi connectivity index (χ0) is 31.6. The molecule has 1 aromatic carbocycles. The minimum Gasteiger partial charge on any atom is -0.465 e. The van der Waals surface area contributed by atoms with Crippen LogP contribution in [0.5, 0.6) is 6.01 Å². The van der Waals surface area contributed by atoms with Crippen molar-refractivity contribution in [1.29, 1.82) is 0 Å². The van der Waals surface area contributed by atoms with Crippen molar-refractivity contribution in [3.63, 3.8) is 0 Å². The van der Waals surface area contributed by atoms with E-state index in [4.69, 9.17) is 31.0 Å². The van der Waals surface area contributed by atoms with Crippen LogP contribution in [0.4, 0.5) is 14.6 Å². The van der Waals surface area contributed by atoms with Crippen LogP contribution in [0, 0.1) is 17.7 Å². The Morgan fingerprint density at radius 3 is 2.96 bits per heavy atom. The van der Waals surface area contributed by atoms with E-state index >= 15 is 4.39 Å². The Balaban J connectivity index is 1.30. The van der Waals surface area contributed by atoms with E-state index in [0.29, 0.717) is 70.7 Å². The maximum Gasteiger partial charge on any atom is 0.319 e. The maximum absolute atomic E-state index is 17.0. The standard InChI is InChI=1S/C33H36ClF2N7O3/c1-18-8-21-24(34)10-25-22(13-38-41-25)27(21)30-28(36)29-23(12-37-30)31(42-6-2-4-19(14-42)9-26(44)45-16-18)40-32(39-29)46-17-33-5-3-7-43(33)15-20(35)11-33/h10,12-13,18-20H,2-9,11,14-17H2,1H3,(H,38,41)/t18?,19-,20+,33-/m0/s1. The molecule has 4 atom stereocenters. The van der Waals surface area contributed by atoms with Gasteiger partial charge in [-0.05, 0) is 62.1 Å². The Bertz CT molecular complexity index is 1840. The Kier molecular flexibility index (Phi) is 7.47. The highest BCUT2D eigenvalue weighted by atomic mass is 35.5. The van der Waals surface area contributed by atoms with Crippen LogP contribution in [-0.2, 0) is 16.0 Å². The van der Waals surface area contributed by atoms with Crippen LogP contribution in [0.15, 0.2) is 18.5 Å². The van der Waals surface area contributed by atoms with Crippen LogP contribution in [-0.4, -0.2) is 87.1 Å². The van der Waals surface area contributed by atoms with Crippen molar-refractivity contribution in [2.75, 3.05) is 44.3 Å².